The minimum atomic E-state index is -0.443. The zero-order valence-corrected chi connectivity index (χ0v) is 13.7. The molecule has 0 N–H and O–H groups in total. The summed E-state index contributed by atoms with van der Waals surface area (Å²) >= 11 is 3.36. The number of carbonyl (C=O) groups is 1. The molecule has 5 heteroatoms. The van der Waals surface area contributed by atoms with Crippen LogP contribution in [0, 0.1) is 5.82 Å². The van der Waals surface area contributed by atoms with Crippen LogP contribution in [-0.2, 0) is 16.0 Å². The summed E-state index contributed by atoms with van der Waals surface area (Å²) in [6, 6.07) is 13.8. The average Bonchev–Trinajstić information content (AvgIpc) is 2.89. The molecule has 23 heavy (non-hydrogen) atoms. The number of rotatable bonds is 4. The third-order valence-corrected chi connectivity index (χ3v) is 3.91. The molecule has 0 aliphatic carbocycles. The summed E-state index contributed by atoms with van der Waals surface area (Å²) in [5, 5.41) is 0. The van der Waals surface area contributed by atoms with Crippen LogP contribution >= 0.6 is 15.9 Å². The number of aryl methyl sites for hydroxylation is 1. The molecule has 1 heterocycles. The Hall–Kier alpha value is -2.27. The summed E-state index contributed by atoms with van der Waals surface area (Å²) in [4.78, 5) is 16.1. The van der Waals surface area contributed by atoms with Crippen LogP contribution in [0.4, 0.5) is 4.39 Å². The van der Waals surface area contributed by atoms with E-state index in [9.17, 15) is 9.18 Å². The summed E-state index contributed by atoms with van der Waals surface area (Å²) in [5.74, 6) is -0.317. The number of cyclic esters (lactones) is 1. The topological polar surface area (TPSA) is 38.7 Å². The van der Waals surface area contributed by atoms with Crippen LogP contribution in [0.2, 0.25) is 0 Å². The maximum atomic E-state index is 12.9. The van der Waals surface area contributed by atoms with Gasteiger partial charge in [-0.25, -0.2) is 14.2 Å². The van der Waals surface area contributed by atoms with Crippen molar-refractivity contribution in [1.29, 1.82) is 0 Å². The zero-order chi connectivity index (χ0) is 16.2. The first-order chi connectivity index (χ1) is 11.1. The van der Waals surface area contributed by atoms with Gasteiger partial charge in [0.15, 0.2) is 11.6 Å². The van der Waals surface area contributed by atoms with Gasteiger partial charge in [-0.1, -0.05) is 40.2 Å². The van der Waals surface area contributed by atoms with E-state index in [0.717, 1.165) is 15.6 Å². The summed E-state index contributed by atoms with van der Waals surface area (Å²) in [7, 11) is 0. The fourth-order valence-corrected chi connectivity index (χ4v) is 2.44. The maximum Gasteiger partial charge on any atom is 0.363 e. The van der Waals surface area contributed by atoms with Crippen molar-refractivity contribution in [2.24, 2.45) is 4.99 Å². The van der Waals surface area contributed by atoms with E-state index < -0.39 is 5.97 Å². The third-order valence-electron chi connectivity index (χ3n) is 3.38. The predicted molar refractivity (Wildman–Crippen MR) is 90.4 cm³/mol. The molecule has 0 saturated heterocycles. The molecule has 2 aromatic carbocycles. The average molecular weight is 374 g/mol. The second-order valence-electron chi connectivity index (χ2n) is 5.10. The van der Waals surface area contributed by atoms with E-state index in [-0.39, 0.29) is 5.82 Å². The lowest BCUT2D eigenvalue weighted by Gasteiger charge is -2.00. The van der Waals surface area contributed by atoms with Crippen LogP contribution in [-0.4, -0.2) is 11.9 Å². The van der Waals surface area contributed by atoms with Gasteiger partial charge in [-0.15, -0.1) is 0 Å². The van der Waals surface area contributed by atoms with Crippen LogP contribution in [0.3, 0.4) is 0 Å². The number of benzene rings is 2. The number of ether oxygens (including phenoxy) is 1. The summed E-state index contributed by atoms with van der Waals surface area (Å²) in [5.41, 5.74) is 2.14. The van der Waals surface area contributed by atoms with E-state index in [1.54, 1.807) is 18.2 Å². The van der Waals surface area contributed by atoms with Crippen LogP contribution in [0.5, 0.6) is 0 Å². The first-order valence-corrected chi connectivity index (χ1v) is 7.91. The lowest BCUT2D eigenvalue weighted by atomic mass is 10.1. The second kappa shape index (κ2) is 6.87. The summed E-state index contributed by atoms with van der Waals surface area (Å²) < 4.78 is 19.0. The van der Waals surface area contributed by atoms with Gasteiger partial charge in [0, 0.05) is 10.9 Å². The molecule has 0 amide bonds. The van der Waals surface area contributed by atoms with E-state index in [1.165, 1.54) is 12.1 Å². The monoisotopic (exact) mass is 373 g/mol. The van der Waals surface area contributed by atoms with Crippen molar-refractivity contribution in [1.82, 2.24) is 0 Å². The quantitative estimate of drug-likeness (QED) is 0.583. The number of nitrogens with zero attached hydrogens (tertiary/aromatic N) is 1. The molecule has 0 fully saturated rings. The van der Waals surface area contributed by atoms with Crippen molar-refractivity contribution < 1.29 is 13.9 Å². The van der Waals surface area contributed by atoms with E-state index >= 15 is 0 Å². The summed E-state index contributed by atoms with van der Waals surface area (Å²) in [6.07, 6.45) is 2.83. The Kier molecular flexibility index (Phi) is 4.67. The number of hydrogen-bond acceptors (Lipinski definition) is 3. The fraction of sp³-hybridized carbons (Fsp3) is 0.111. The molecular weight excluding hydrogens is 361 g/mol. The summed E-state index contributed by atoms with van der Waals surface area (Å²) in [6.45, 7) is 0. The molecule has 116 valence electrons. The zero-order valence-electron chi connectivity index (χ0n) is 12.1. The van der Waals surface area contributed by atoms with Crippen molar-refractivity contribution in [3.05, 3.63) is 75.6 Å². The van der Waals surface area contributed by atoms with Crippen molar-refractivity contribution in [2.75, 3.05) is 0 Å². The Morgan fingerprint density at radius 2 is 1.74 bits per heavy atom. The number of esters is 1. The molecule has 0 aromatic heterocycles. The first-order valence-electron chi connectivity index (χ1n) is 7.11. The highest BCUT2D eigenvalue weighted by Crippen LogP contribution is 2.19. The van der Waals surface area contributed by atoms with Crippen molar-refractivity contribution in [3.8, 4) is 0 Å². The van der Waals surface area contributed by atoms with Gasteiger partial charge in [0.05, 0.1) is 0 Å². The van der Waals surface area contributed by atoms with Crippen molar-refractivity contribution in [3.63, 3.8) is 0 Å². The number of halogens is 2. The molecule has 0 atom stereocenters. The Balaban J connectivity index is 1.68. The van der Waals surface area contributed by atoms with E-state index in [0.29, 0.717) is 24.4 Å². The fourth-order valence-electron chi connectivity index (χ4n) is 2.18. The number of aliphatic imine (C=N–C) groups is 1. The van der Waals surface area contributed by atoms with E-state index in [2.05, 4.69) is 20.9 Å². The van der Waals surface area contributed by atoms with Crippen LogP contribution in [0.15, 0.2) is 63.7 Å². The molecule has 2 aromatic rings. The van der Waals surface area contributed by atoms with Crippen LogP contribution < -0.4 is 0 Å². The maximum absolute atomic E-state index is 12.9. The molecule has 1 aliphatic rings. The number of carbonyl (C=O) groups excluding carboxylic acids is 1. The number of hydrogen-bond donors (Lipinski definition) is 0. The van der Waals surface area contributed by atoms with Gasteiger partial charge in [-0.2, -0.15) is 0 Å². The molecule has 0 saturated carbocycles. The minimum Gasteiger partial charge on any atom is -0.407 e. The Bertz CT molecular complexity index is 780. The van der Waals surface area contributed by atoms with Crippen LogP contribution in [0.1, 0.15) is 17.5 Å². The van der Waals surface area contributed by atoms with Crippen molar-refractivity contribution in [2.45, 2.75) is 12.8 Å². The largest absolute Gasteiger partial charge is 0.407 e. The predicted octanol–water partition coefficient (Wildman–Crippen LogP) is 4.52. The standard InChI is InChI=1S/C18H13BrFNO2/c19-14-6-1-13(2-7-14)11-16-18(22)23-17(21-16)10-5-12-3-8-15(20)9-4-12/h1-4,6-9,11H,5,10H2/b16-11+. The van der Waals surface area contributed by atoms with Gasteiger partial charge in [0.1, 0.15) is 5.82 Å². The molecule has 0 spiro atoms. The minimum absolute atomic E-state index is 0.266. The SMILES string of the molecule is O=C1OC(CCc2ccc(F)cc2)=N/C1=C/c1ccc(Br)cc1. The van der Waals surface area contributed by atoms with Gasteiger partial charge < -0.3 is 4.74 Å². The molecule has 1 aliphatic heterocycles. The highest BCUT2D eigenvalue weighted by atomic mass is 79.9. The van der Waals surface area contributed by atoms with E-state index in [4.69, 9.17) is 4.74 Å². The Morgan fingerprint density at radius 1 is 1.04 bits per heavy atom. The van der Waals surface area contributed by atoms with Gasteiger partial charge in [0.25, 0.3) is 0 Å². The van der Waals surface area contributed by atoms with Crippen LogP contribution in [0.25, 0.3) is 6.08 Å². The van der Waals surface area contributed by atoms with Gasteiger partial charge >= 0.3 is 5.97 Å². The molecule has 3 rings (SSSR count). The van der Waals surface area contributed by atoms with Gasteiger partial charge in [-0.05, 0) is 47.9 Å². The second-order valence-corrected chi connectivity index (χ2v) is 6.02. The highest BCUT2D eigenvalue weighted by molar-refractivity contribution is 9.10. The highest BCUT2D eigenvalue weighted by Gasteiger charge is 2.22. The molecular formula is C18H13BrFNO2. The third kappa shape index (κ3) is 4.13. The smallest absolute Gasteiger partial charge is 0.363 e. The molecule has 0 bridgehead atoms. The first kappa shape index (κ1) is 15.6. The van der Waals surface area contributed by atoms with E-state index in [1.807, 2.05) is 24.3 Å². The van der Waals surface area contributed by atoms with Gasteiger partial charge in [0.2, 0.25) is 0 Å². The molecule has 0 radical (unpaired) electrons. The van der Waals surface area contributed by atoms with Crippen molar-refractivity contribution >= 4 is 33.9 Å². The lowest BCUT2D eigenvalue weighted by molar-refractivity contribution is -0.130. The lowest BCUT2D eigenvalue weighted by Crippen LogP contribution is -2.05. The normalized spacial score (nSPS) is 15.7. The Labute approximate surface area is 141 Å². The molecule has 0 unspecified atom stereocenters. The van der Waals surface area contributed by atoms with Gasteiger partial charge in [-0.3, -0.25) is 0 Å². The Morgan fingerprint density at radius 3 is 2.43 bits per heavy atom. The molecule has 3 nitrogen and oxygen atoms in total.